The van der Waals surface area contributed by atoms with Crippen LogP contribution in [-0.4, -0.2) is 86.5 Å². The van der Waals surface area contributed by atoms with Gasteiger partial charge < -0.3 is 9.47 Å². The number of sulfone groups is 1. The monoisotopic (exact) mass is 514 g/mol. The first-order valence-electron chi connectivity index (χ1n) is 10.3. The summed E-state index contributed by atoms with van der Waals surface area (Å²) in [5.74, 6) is 0. The SMILES string of the molecule is O=S1(=O)c2cc(S(=O)(=O)N3CCOCC3)ccc2-c2ccc(S(=O)(=O)N3CCOCC3)cc21. The Hall–Kier alpha value is -1.87. The Balaban J connectivity index is 1.55. The van der Waals surface area contributed by atoms with Gasteiger partial charge in [-0.2, -0.15) is 8.61 Å². The van der Waals surface area contributed by atoms with Gasteiger partial charge in [0.1, 0.15) is 0 Å². The maximum atomic E-state index is 13.3. The van der Waals surface area contributed by atoms with Gasteiger partial charge in [-0.1, -0.05) is 12.1 Å². The van der Waals surface area contributed by atoms with E-state index < -0.39 is 29.9 Å². The van der Waals surface area contributed by atoms with Gasteiger partial charge in [0, 0.05) is 37.3 Å². The average Bonchev–Trinajstić information content (AvgIpc) is 3.06. The first kappa shape index (κ1) is 22.9. The normalized spacial score (nSPS) is 21.5. The molecule has 2 aromatic rings. The van der Waals surface area contributed by atoms with Crippen molar-refractivity contribution in [3.63, 3.8) is 0 Å². The molecule has 0 unspecified atom stereocenters. The van der Waals surface area contributed by atoms with Crippen molar-refractivity contribution in [1.29, 1.82) is 0 Å². The highest BCUT2D eigenvalue weighted by atomic mass is 32.2. The first-order valence-corrected chi connectivity index (χ1v) is 14.7. The van der Waals surface area contributed by atoms with Crippen LogP contribution in [-0.2, 0) is 39.4 Å². The van der Waals surface area contributed by atoms with E-state index in [1.807, 2.05) is 0 Å². The number of benzene rings is 2. The molecule has 3 heterocycles. The molecule has 13 heteroatoms. The Morgan fingerprint density at radius 1 is 0.636 bits per heavy atom. The number of hydrogen-bond acceptors (Lipinski definition) is 8. The highest BCUT2D eigenvalue weighted by Gasteiger charge is 2.37. The van der Waals surface area contributed by atoms with Crippen molar-refractivity contribution in [3.8, 4) is 11.1 Å². The third-order valence-electron chi connectivity index (χ3n) is 5.99. The summed E-state index contributed by atoms with van der Waals surface area (Å²) in [7, 11) is -11.9. The Morgan fingerprint density at radius 3 is 1.36 bits per heavy atom. The third-order valence-corrected chi connectivity index (χ3v) is 11.6. The molecule has 5 rings (SSSR count). The maximum Gasteiger partial charge on any atom is 0.243 e. The van der Waals surface area contributed by atoms with Crippen molar-refractivity contribution in [2.24, 2.45) is 0 Å². The molecule has 0 spiro atoms. The van der Waals surface area contributed by atoms with Crippen molar-refractivity contribution < 1.29 is 34.7 Å². The van der Waals surface area contributed by atoms with E-state index in [0.717, 1.165) is 12.1 Å². The van der Waals surface area contributed by atoms with E-state index in [2.05, 4.69) is 0 Å². The molecular formula is C20H22N2O8S3. The molecule has 3 aliphatic rings. The van der Waals surface area contributed by atoms with Crippen LogP contribution in [0.5, 0.6) is 0 Å². The molecule has 0 atom stereocenters. The molecule has 10 nitrogen and oxygen atoms in total. The lowest BCUT2D eigenvalue weighted by molar-refractivity contribution is 0.0730. The minimum absolute atomic E-state index is 0.124. The summed E-state index contributed by atoms with van der Waals surface area (Å²) in [6.45, 7) is 1.85. The number of morpholine rings is 2. The van der Waals surface area contributed by atoms with Gasteiger partial charge in [-0.25, -0.2) is 25.3 Å². The summed E-state index contributed by atoms with van der Waals surface area (Å²) >= 11 is 0. The van der Waals surface area contributed by atoms with E-state index in [1.54, 1.807) is 0 Å². The van der Waals surface area contributed by atoms with Gasteiger partial charge in [0.15, 0.2) is 0 Å². The quantitative estimate of drug-likeness (QED) is 0.494. The van der Waals surface area contributed by atoms with Gasteiger partial charge >= 0.3 is 0 Å². The molecule has 33 heavy (non-hydrogen) atoms. The predicted octanol–water partition coefficient (Wildman–Crippen LogP) is 0.542. The minimum atomic E-state index is -4.11. The van der Waals surface area contributed by atoms with Gasteiger partial charge in [-0.3, -0.25) is 0 Å². The molecule has 178 valence electrons. The molecule has 0 saturated carbocycles. The first-order chi connectivity index (χ1) is 15.6. The van der Waals surface area contributed by atoms with E-state index in [4.69, 9.17) is 9.47 Å². The second-order valence-corrected chi connectivity index (χ2v) is 13.6. The molecule has 0 radical (unpaired) electrons. The average molecular weight is 515 g/mol. The second kappa shape index (κ2) is 8.12. The number of rotatable bonds is 4. The molecular weight excluding hydrogens is 492 g/mol. The second-order valence-electron chi connectivity index (χ2n) is 7.85. The largest absolute Gasteiger partial charge is 0.379 e. The zero-order valence-electron chi connectivity index (χ0n) is 17.5. The van der Waals surface area contributed by atoms with Crippen LogP contribution in [0.15, 0.2) is 56.0 Å². The zero-order valence-corrected chi connectivity index (χ0v) is 20.0. The van der Waals surface area contributed by atoms with Gasteiger partial charge in [0.25, 0.3) is 0 Å². The summed E-state index contributed by atoms with van der Waals surface area (Å²) < 4.78 is 91.6. The van der Waals surface area contributed by atoms with Crippen LogP contribution in [0, 0.1) is 0 Å². The Morgan fingerprint density at radius 2 is 1.00 bits per heavy atom. The lowest BCUT2D eigenvalue weighted by Gasteiger charge is -2.26. The topological polar surface area (TPSA) is 127 Å². The van der Waals surface area contributed by atoms with Crippen LogP contribution in [0.2, 0.25) is 0 Å². The smallest absolute Gasteiger partial charge is 0.243 e. The van der Waals surface area contributed by atoms with Crippen LogP contribution in [0.3, 0.4) is 0 Å². The maximum absolute atomic E-state index is 13.3. The van der Waals surface area contributed by atoms with Crippen LogP contribution in [0.4, 0.5) is 0 Å². The van der Waals surface area contributed by atoms with Crippen molar-refractivity contribution in [3.05, 3.63) is 36.4 Å². The van der Waals surface area contributed by atoms with Crippen molar-refractivity contribution in [2.75, 3.05) is 52.6 Å². The molecule has 2 fully saturated rings. The van der Waals surface area contributed by atoms with Crippen molar-refractivity contribution in [2.45, 2.75) is 19.6 Å². The number of hydrogen-bond donors (Lipinski definition) is 0. The number of sulfonamides is 2. The summed E-state index contributed by atoms with van der Waals surface area (Å²) in [4.78, 5) is -0.540. The summed E-state index contributed by atoms with van der Waals surface area (Å²) in [5.41, 5.74) is 0.697. The van der Waals surface area contributed by atoms with E-state index in [9.17, 15) is 25.3 Å². The lowest BCUT2D eigenvalue weighted by Crippen LogP contribution is -2.40. The molecule has 2 aromatic carbocycles. The lowest BCUT2D eigenvalue weighted by atomic mass is 10.1. The third kappa shape index (κ3) is 3.71. The molecule has 2 saturated heterocycles. The van der Waals surface area contributed by atoms with Gasteiger partial charge in [0.2, 0.25) is 29.9 Å². The van der Waals surface area contributed by atoms with Crippen molar-refractivity contribution in [1.82, 2.24) is 8.61 Å². The van der Waals surface area contributed by atoms with Crippen LogP contribution >= 0.6 is 0 Å². The van der Waals surface area contributed by atoms with E-state index >= 15 is 0 Å². The van der Waals surface area contributed by atoms with Crippen LogP contribution in [0.1, 0.15) is 0 Å². The number of nitrogens with zero attached hydrogens (tertiary/aromatic N) is 2. The fraction of sp³-hybridized carbons (Fsp3) is 0.400. The fourth-order valence-electron chi connectivity index (χ4n) is 4.21. The standard InChI is InChI=1S/C20H22N2O8S3/c23-31(24)19-13-15(32(25,26)21-5-9-29-10-6-21)1-3-17(19)18-4-2-16(14-20(18)31)33(27,28)22-7-11-30-12-8-22/h1-4,13-14H,5-12H2. The fourth-order valence-corrected chi connectivity index (χ4v) is 8.96. The number of ether oxygens (including phenoxy) is 2. The number of fused-ring (bicyclic) bond motifs is 3. The summed E-state index contributed by atoms with van der Waals surface area (Å²) in [6, 6.07) is 8.00. The van der Waals surface area contributed by atoms with Gasteiger partial charge in [0.05, 0.1) is 46.0 Å². The summed E-state index contributed by atoms with van der Waals surface area (Å²) in [6.07, 6.45) is 0. The summed E-state index contributed by atoms with van der Waals surface area (Å²) in [5, 5.41) is 0. The molecule has 0 amide bonds. The van der Waals surface area contributed by atoms with E-state index in [1.165, 1.54) is 32.9 Å². The zero-order chi connectivity index (χ0) is 23.4. The highest BCUT2D eigenvalue weighted by molar-refractivity contribution is 7.92. The molecule has 3 aliphatic heterocycles. The molecule has 0 bridgehead atoms. The van der Waals surface area contributed by atoms with Crippen LogP contribution < -0.4 is 0 Å². The van der Waals surface area contributed by atoms with Crippen LogP contribution in [0.25, 0.3) is 11.1 Å². The Labute approximate surface area is 192 Å². The van der Waals surface area contributed by atoms with Gasteiger partial charge in [-0.15, -0.1) is 0 Å². The van der Waals surface area contributed by atoms with Crippen molar-refractivity contribution >= 4 is 29.9 Å². The molecule has 0 aliphatic carbocycles. The Kier molecular flexibility index (Phi) is 5.63. The minimum Gasteiger partial charge on any atom is -0.379 e. The highest BCUT2D eigenvalue weighted by Crippen LogP contribution is 2.45. The molecule has 0 N–H and O–H groups in total. The van der Waals surface area contributed by atoms with E-state index in [-0.39, 0.29) is 72.2 Å². The Bertz CT molecular complexity index is 1320. The molecule has 0 aromatic heterocycles. The van der Waals surface area contributed by atoms with E-state index in [0.29, 0.717) is 11.1 Å². The van der Waals surface area contributed by atoms with Gasteiger partial charge in [-0.05, 0) is 24.3 Å². The predicted molar refractivity (Wildman–Crippen MR) is 116 cm³/mol.